The molecule has 0 spiro atoms. The van der Waals surface area contributed by atoms with Crippen molar-refractivity contribution in [2.75, 3.05) is 13.0 Å². The Morgan fingerprint density at radius 2 is 2.21 bits per heavy atom. The maximum Gasteiger partial charge on any atom is 0.163 e. The van der Waals surface area contributed by atoms with Crippen LogP contribution in [0.2, 0.25) is 0 Å². The molecule has 0 radical (unpaired) electrons. The molecule has 0 amide bonds. The van der Waals surface area contributed by atoms with Crippen LogP contribution in [0.5, 0.6) is 11.5 Å². The van der Waals surface area contributed by atoms with Crippen molar-refractivity contribution in [3.8, 4) is 11.5 Å². The fraction of sp³-hybridized carbons (Fsp3) is 0.333. The molecule has 1 rings (SSSR count). The van der Waals surface area contributed by atoms with Gasteiger partial charge in [0.2, 0.25) is 0 Å². The Labute approximate surface area is 95.4 Å². The highest BCUT2D eigenvalue weighted by Crippen LogP contribution is 2.37. The van der Waals surface area contributed by atoms with Gasteiger partial charge in [-0.3, -0.25) is 0 Å². The van der Waals surface area contributed by atoms with Gasteiger partial charge in [-0.2, -0.15) is 0 Å². The van der Waals surface area contributed by atoms with E-state index in [2.05, 4.69) is 15.9 Å². The van der Waals surface area contributed by atoms with E-state index in [1.807, 2.05) is 0 Å². The van der Waals surface area contributed by atoms with Gasteiger partial charge in [0.1, 0.15) is 0 Å². The lowest BCUT2D eigenvalue weighted by Gasteiger charge is -2.12. The Bertz CT molecular complexity index is 330. The number of aliphatic hydroxyl groups is 1. The van der Waals surface area contributed by atoms with E-state index in [-0.39, 0.29) is 11.6 Å². The van der Waals surface area contributed by atoms with Gasteiger partial charge in [0.05, 0.1) is 19.1 Å². The van der Waals surface area contributed by atoms with Gasteiger partial charge in [-0.15, -0.1) is 11.6 Å². The van der Waals surface area contributed by atoms with E-state index in [0.717, 1.165) is 0 Å². The molecule has 78 valence electrons. The number of halogens is 2. The molecule has 0 aliphatic carbocycles. The lowest BCUT2D eigenvalue weighted by atomic mass is 10.1. The van der Waals surface area contributed by atoms with Crippen LogP contribution >= 0.6 is 27.5 Å². The minimum atomic E-state index is -0.900. The van der Waals surface area contributed by atoms with Crippen LogP contribution in [-0.2, 0) is 0 Å². The molecule has 3 nitrogen and oxygen atoms in total. The molecule has 14 heavy (non-hydrogen) atoms. The molecule has 0 bridgehead atoms. The van der Waals surface area contributed by atoms with Crippen LogP contribution in [0.25, 0.3) is 0 Å². The zero-order valence-corrected chi connectivity index (χ0v) is 9.84. The molecule has 0 aliphatic heterocycles. The minimum Gasteiger partial charge on any atom is -0.504 e. The third-order valence-electron chi connectivity index (χ3n) is 1.79. The van der Waals surface area contributed by atoms with Gasteiger partial charge in [0.15, 0.2) is 11.5 Å². The predicted molar refractivity (Wildman–Crippen MR) is 58.0 cm³/mol. The number of methoxy groups -OCH3 is 1. The molecule has 1 aromatic rings. The summed E-state index contributed by atoms with van der Waals surface area (Å²) in [7, 11) is 1.44. The summed E-state index contributed by atoms with van der Waals surface area (Å²) in [5.41, 5.74) is 0.353. The smallest absolute Gasteiger partial charge is 0.163 e. The number of alkyl halides is 1. The summed E-state index contributed by atoms with van der Waals surface area (Å²) >= 11 is 8.73. The first-order valence-electron chi connectivity index (χ1n) is 3.90. The summed E-state index contributed by atoms with van der Waals surface area (Å²) in [5, 5.41) is 19.1. The number of ether oxygens (including phenoxy) is 1. The van der Waals surface area contributed by atoms with Crippen LogP contribution in [0.1, 0.15) is 11.7 Å². The molecule has 0 fully saturated rings. The molecule has 0 aliphatic rings. The summed E-state index contributed by atoms with van der Waals surface area (Å²) in [5.74, 6) is 0.245. The highest BCUT2D eigenvalue weighted by molar-refractivity contribution is 9.10. The van der Waals surface area contributed by atoms with Gasteiger partial charge in [-0.25, -0.2) is 0 Å². The molecule has 1 unspecified atom stereocenters. The first-order chi connectivity index (χ1) is 6.60. The zero-order valence-electron chi connectivity index (χ0n) is 7.50. The molecule has 0 aromatic heterocycles. The Kier molecular flexibility index (Phi) is 4.04. The van der Waals surface area contributed by atoms with Gasteiger partial charge >= 0.3 is 0 Å². The quantitative estimate of drug-likeness (QED) is 0.837. The highest BCUT2D eigenvalue weighted by atomic mass is 79.9. The van der Waals surface area contributed by atoms with Crippen molar-refractivity contribution in [2.45, 2.75) is 6.10 Å². The fourth-order valence-electron chi connectivity index (χ4n) is 1.09. The third kappa shape index (κ3) is 2.32. The van der Waals surface area contributed by atoms with Crippen molar-refractivity contribution in [1.29, 1.82) is 0 Å². The van der Waals surface area contributed by atoms with Crippen LogP contribution in [0.4, 0.5) is 0 Å². The average molecular weight is 282 g/mol. The molecule has 2 N–H and O–H groups in total. The Balaban J connectivity index is 3.21. The van der Waals surface area contributed by atoms with Gasteiger partial charge < -0.3 is 14.9 Å². The number of benzene rings is 1. The second-order valence-corrected chi connectivity index (χ2v) is 3.94. The maximum atomic E-state index is 9.65. The van der Waals surface area contributed by atoms with Crippen LogP contribution in [0, 0.1) is 0 Å². The van der Waals surface area contributed by atoms with Crippen molar-refractivity contribution < 1.29 is 14.9 Å². The highest BCUT2D eigenvalue weighted by Gasteiger charge is 2.16. The van der Waals surface area contributed by atoms with E-state index in [4.69, 9.17) is 16.3 Å². The summed E-state index contributed by atoms with van der Waals surface area (Å²) in [4.78, 5) is 0. The minimum absolute atomic E-state index is 0.0210. The second-order valence-electron chi connectivity index (χ2n) is 2.72. The van der Waals surface area contributed by atoms with Crippen LogP contribution < -0.4 is 4.74 Å². The summed E-state index contributed by atoms with van der Waals surface area (Å²) in [6, 6.07) is 3.21. The number of phenols is 1. The molecular weight excluding hydrogens is 271 g/mol. The number of hydrogen-bond donors (Lipinski definition) is 2. The number of rotatable bonds is 3. The number of hydrogen-bond acceptors (Lipinski definition) is 3. The summed E-state index contributed by atoms with van der Waals surface area (Å²) in [6.07, 6.45) is -0.900. The zero-order chi connectivity index (χ0) is 10.7. The summed E-state index contributed by atoms with van der Waals surface area (Å²) in [6.45, 7) is 0. The van der Waals surface area contributed by atoms with Crippen molar-refractivity contribution in [3.63, 3.8) is 0 Å². The van der Waals surface area contributed by atoms with E-state index < -0.39 is 6.10 Å². The van der Waals surface area contributed by atoms with Crippen molar-refractivity contribution in [2.24, 2.45) is 0 Å². The van der Waals surface area contributed by atoms with Crippen LogP contribution in [-0.4, -0.2) is 23.2 Å². The second kappa shape index (κ2) is 4.87. The molecule has 0 saturated heterocycles. The van der Waals surface area contributed by atoms with Gasteiger partial charge in [-0.1, -0.05) is 15.9 Å². The lowest BCUT2D eigenvalue weighted by molar-refractivity contribution is 0.197. The van der Waals surface area contributed by atoms with E-state index in [9.17, 15) is 10.2 Å². The van der Waals surface area contributed by atoms with Gasteiger partial charge in [-0.05, 0) is 12.1 Å². The van der Waals surface area contributed by atoms with Gasteiger partial charge in [0, 0.05) is 10.0 Å². The number of aliphatic hydroxyl groups excluding tert-OH is 1. The maximum absolute atomic E-state index is 9.65. The monoisotopic (exact) mass is 280 g/mol. The molecule has 1 atom stereocenters. The number of phenolic OH excluding ortho intramolecular Hbond substituents is 1. The first-order valence-corrected chi connectivity index (χ1v) is 5.23. The summed E-state index contributed by atoms with van der Waals surface area (Å²) < 4.78 is 5.64. The molecule has 5 heteroatoms. The van der Waals surface area contributed by atoms with Crippen LogP contribution in [0.3, 0.4) is 0 Å². The van der Waals surface area contributed by atoms with Crippen LogP contribution in [0.15, 0.2) is 16.6 Å². The molecule has 0 heterocycles. The Morgan fingerprint density at radius 3 is 2.71 bits per heavy atom. The lowest BCUT2D eigenvalue weighted by Crippen LogP contribution is -2.00. The third-order valence-corrected chi connectivity index (χ3v) is 2.54. The largest absolute Gasteiger partial charge is 0.504 e. The van der Waals surface area contributed by atoms with E-state index in [0.29, 0.717) is 15.8 Å². The van der Waals surface area contributed by atoms with E-state index in [1.165, 1.54) is 7.11 Å². The Morgan fingerprint density at radius 1 is 1.57 bits per heavy atom. The van der Waals surface area contributed by atoms with E-state index >= 15 is 0 Å². The normalized spacial score (nSPS) is 12.6. The number of aromatic hydroxyl groups is 1. The molecular formula is C9H10BrClO3. The Hall–Kier alpha value is -0.450. The average Bonchev–Trinajstić information content (AvgIpc) is 2.19. The SMILES string of the molecule is COc1cc(Br)cc(C(O)CCl)c1O. The topological polar surface area (TPSA) is 49.7 Å². The van der Waals surface area contributed by atoms with Gasteiger partial charge in [0.25, 0.3) is 0 Å². The fourth-order valence-corrected chi connectivity index (χ4v) is 1.71. The standard InChI is InChI=1S/C9H10BrClO3/c1-14-8-3-5(10)2-6(9(8)13)7(12)4-11/h2-3,7,12-13H,4H2,1H3. The first kappa shape index (κ1) is 11.6. The van der Waals surface area contributed by atoms with Crippen molar-refractivity contribution in [3.05, 3.63) is 22.2 Å². The van der Waals surface area contributed by atoms with Crippen molar-refractivity contribution in [1.82, 2.24) is 0 Å². The molecule has 0 saturated carbocycles. The predicted octanol–water partition coefficient (Wildman–Crippen LogP) is 2.44. The van der Waals surface area contributed by atoms with E-state index in [1.54, 1.807) is 12.1 Å². The van der Waals surface area contributed by atoms with Crippen molar-refractivity contribution >= 4 is 27.5 Å². The molecule has 1 aromatic carbocycles.